The van der Waals surface area contributed by atoms with Crippen molar-refractivity contribution in [1.29, 1.82) is 0 Å². The minimum atomic E-state index is -0.155. The molecule has 0 bridgehead atoms. The molecule has 0 radical (unpaired) electrons. The van der Waals surface area contributed by atoms with E-state index in [0.717, 1.165) is 23.4 Å². The number of anilines is 1. The fourth-order valence-electron chi connectivity index (χ4n) is 2.69. The first-order chi connectivity index (χ1) is 11.1. The van der Waals surface area contributed by atoms with E-state index < -0.39 is 0 Å². The lowest BCUT2D eigenvalue weighted by atomic mass is 10.1. The van der Waals surface area contributed by atoms with Gasteiger partial charge in [-0.2, -0.15) is 0 Å². The van der Waals surface area contributed by atoms with Gasteiger partial charge in [0.25, 0.3) is 5.91 Å². The van der Waals surface area contributed by atoms with E-state index in [2.05, 4.69) is 17.2 Å². The Kier molecular flexibility index (Phi) is 4.35. The molecule has 2 heterocycles. The molecule has 0 aliphatic rings. The van der Waals surface area contributed by atoms with Crippen molar-refractivity contribution in [3.8, 4) is 0 Å². The van der Waals surface area contributed by atoms with Gasteiger partial charge in [0.15, 0.2) is 0 Å². The molecule has 0 unspecified atom stereocenters. The Morgan fingerprint density at radius 1 is 1.22 bits per heavy atom. The number of pyridine rings is 1. The zero-order chi connectivity index (χ0) is 16.4. The van der Waals surface area contributed by atoms with Crippen molar-refractivity contribution in [2.24, 2.45) is 0 Å². The number of fused-ring (bicyclic) bond motifs is 1. The number of hydrogen-bond donors (Lipinski definition) is 1. The number of carbonyl (C=O) groups excluding carboxylic acids is 1. The van der Waals surface area contributed by atoms with E-state index in [1.807, 2.05) is 31.2 Å². The van der Waals surface area contributed by atoms with Gasteiger partial charge < -0.3 is 5.32 Å². The largest absolute Gasteiger partial charge is 0.320 e. The Morgan fingerprint density at radius 3 is 2.74 bits per heavy atom. The second-order valence-electron chi connectivity index (χ2n) is 5.30. The lowest BCUT2D eigenvalue weighted by Crippen LogP contribution is -2.17. The van der Waals surface area contributed by atoms with E-state index in [4.69, 9.17) is 11.6 Å². The van der Waals surface area contributed by atoms with Crippen LogP contribution in [-0.4, -0.2) is 15.3 Å². The van der Waals surface area contributed by atoms with Gasteiger partial charge in [-0.3, -0.25) is 9.20 Å². The summed E-state index contributed by atoms with van der Waals surface area (Å²) in [6.45, 7) is 4.05. The van der Waals surface area contributed by atoms with E-state index in [-0.39, 0.29) is 5.91 Å². The average molecular weight is 328 g/mol. The highest BCUT2D eigenvalue weighted by Gasteiger charge is 2.19. The maximum atomic E-state index is 12.8. The summed E-state index contributed by atoms with van der Waals surface area (Å²) >= 11 is 6.02. The van der Waals surface area contributed by atoms with Crippen molar-refractivity contribution in [3.63, 3.8) is 0 Å². The number of aryl methyl sites for hydroxylation is 2. The second kappa shape index (κ2) is 6.42. The topological polar surface area (TPSA) is 46.4 Å². The molecule has 0 aliphatic carbocycles. The van der Waals surface area contributed by atoms with Gasteiger partial charge in [0.2, 0.25) is 0 Å². The molecule has 3 rings (SSSR count). The number of para-hydroxylation sites is 1. The maximum absolute atomic E-state index is 12.8. The number of nitrogens with zero attached hydrogens (tertiary/aromatic N) is 2. The van der Waals surface area contributed by atoms with E-state index in [1.54, 1.807) is 22.7 Å². The standard InChI is InChI=1S/C18H18ClN3O/c1-3-12-7-5-6-8-15(12)21-18(23)17-14(4-2)20-16-11-13(19)9-10-22(16)17/h5-11H,3-4H2,1-2H3,(H,21,23). The Morgan fingerprint density at radius 2 is 2.00 bits per heavy atom. The molecule has 2 aromatic heterocycles. The molecule has 4 nitrogen and oxygen atoms in total. The number of nitrogens with one attached hydrogen (secondary N) is 1. The lowest BCUT2D eigenvalue weighted by Gasteiger charge is -2.10. The van der Waals surface area contributed by atoms with Gasteiger partial charge in [-0.1, -0.05) is 43.6 Å². The Bertz CT molecular complexity index is 870. The highest BCUT2D eigenvalue weighted by Crippen LogP contribution is 2.21. The van der Waals surface area contributed by atoms with Crippen LogP contribution >= 0.6 is 11.6 Å². The van der Waals surface area contributed by atoms with Crippen LogP contribution in [0.2, 0.25) is 5.02 Å². The third-order valence-electron chi connectivity index (χ3n) is 3.86. The third kappa shape index (κ3) is 2.94. The predicted octanol–water partition coefficient (Wildman–Crippen LogP) is 4.36. The smallest absolute Gasteiger partial charge is 0.274 e. The molecular weight excluding hydrogens is 310 g/mol. The highest BCUT2D eigenvalue weighted by molar-refractivity contribution is 6.30. The van der Waals surface area contributed by atoms with Crippen LogP contribution in [0.25, 0.3) is 5.65 Å². The van der Waals surface area contributed by atoms with Crippen molar-refractivity contribution < 1.29 is 4.79 Å². The van der Waals surface area contributed by atoms with Crippen LogP contribution < -0.4 is 5.32 Å². The van der Waals surface area contributed by atoms with Crippen molar-refractivity contribution in [3.05, 3.63) is 64.6 Å². The number of benzene rings is 1. The fraction of sp³-hybridized carbons (Fsp3) is 0.222. The molecule has 3 aromatic rings. The minimum Gasteiger partial charge on any atom is -0.320 e. The third-order valence-corrected chi connectivity index (χ3v) is 4.09. The first-order valence-electron chi connectivity index (χ1n) is 7.69. The van der Waals surface area contributed by atoms with E-state index in [0.29, 0.717) is 22.8 Å². The summed E-state index contributed by atoms with van der Waals surface area (Å²) in [7, 11) is 0. The number of carbonyl (C=O) groups is 1. The number of aromatic nitrogens is 2. The van der Waals surface area contributed by atoms with Gasteiger partial charge in [0, 0.05) is 23.0 Å². The van der Waals surface area contributed by atoms with E-state index in [9.17, 15) is 4.79 Å². The molecule has 0 saturated heterocycles. The zero-order valence-corrected chi connectivity index (χ0v) is 13.9. The number of halogens is 1. The summed E-state index contributed by atoms with van der Waals surface area (Å²) in [5.74, 6) is -0.155. The van der Waals surface area contributed by atoms with Gasteiger partial charge in [-0.15, -0.1) is 0 Å². The molecule has 0 saturated carbocycles. The fourth-order valence-corrected chi connectivity index (χ4v) is 2.84. The molecule has 1 amide bonds. The van der Waals surface area contributed by atoms with E-state index >= 15 is 0 Å². The lowest BCUT2D eigenvalue weighted by molar-refractivity contribution is 0.102. The molecule has 0 fully saturated rings. The minimum absolute atomic E-state index is 0.155. The molecule has 23 heavy (non-hydrogen) atoms. The van der Waals surface area contributed by atoms with Crippen LogP contribution in [0.3, 0.4) is 0 Å². The molecule has 1 aromatic carbocycles. The Balaban J connectivity index is 2.03. The van der Waals surface area contributed by atoms with Crippen LogP contribution in [0.1, 0.15) is 35.6 Å². The van der Waals surface area contributed by atoms with Gasteiger partial charge in [-0.25, -0.2) is 4.98 Å². The predicted molar refractivity (Wildman–Crippen MR) is 93.4 cm³/mol. The monoisotopic (exact) mass is 327 g/mol. The number of hydrogen-bond acceptors (Lipinski definition) is 2. The second-order valence-corrected chi connectivity index (χ2v) is 5.74. The van der Waals surface area contributed by atoms with E-state index in [1.165, 1.54) is 0 Å². The summed E-state index contributed by atoms with van der Waals surface area (Å²) in [6.07, 6.45) is 3.32. The van der Waals surface area contributed by atoms with Gasteiger partial charge in [-0.05, 0) is 30.5 Å². The van der Waals surface area contributed by atoms with Crippen molar-refractivity contribution >= 4 is 28.8 Å². The summed E-state index contributed by atoms with van der Waals surface area (Å²) in [5, 5.41) is 3.62. The molecular formula is C18H18ClN3O. The molecule has 0 spiro atoms. The SMILES string of the molecule is CCc1ccccc1NC(=O)c1c(CC)nc2cc(Cl)ccn12. The van der Waals surface area contributed by atoms with Gasteiger partial charge in [0.05, 0.1) is 5.69 Å². The average Bonchev–Trinajstić information content (AvgIpc) is 2.92. The summed E-state index contributed by atoms with van der Waals surface area (Å²) in [6, 6.07) is 11.4. The Hall–Kier alpha value is -2.33. The maximum Gasteiger partial charge on any atom is 0.274 e. The molecule has 118 valence electrons. The normalized spacial score (nSPS) is 10.9. The molecule has 0 aliphatic heterocycles. The van der Waals surface area contributed by atoms with Crippen LogP contribution in [0, 0.1) is 0 Å². The summed E-state index contributed by atoms with van der Waals surface area (Å²) in [4.78, 5) is 17.3. The first kappa shape index (κ1) is 15.6. The highest BCUT2D eigenvalue weighted by atomic mass is 35.5. The van der Waals surface area contributed by atoms with Crippen LogP contribution in [0.4, 0.5) is 5.69 Å². The zero-order valence-electron chi connectivity index (χ0n) is 13.1. The van der Waals surface area contributed by atoms with Crippen molar-refractivity contribution in [1.82, 2.24) is 9.38 Å². The molecule has 5 heteroatoms. The van der Waals surface area contributed by atoms with Crippen molar-refractivity contribution in [2.45, 2.75) is 26.7 Å². The number of rotatable bonds is 4. The van der Waals surface area contributed by atoms with Crippen LogP contribution in [0.15, 0.2) is 42.6 Å². The first-order valence-corrected chi connectivity index (χ1v) is 8.07. The van der Waals surface area contributed by atoms with Crippen LogP contribution in [-0.2, 0) is 12.8 Å². The van der Waals surface area contributed by atoms with Crippen molar-refractivity contribution in [2.75, 3.05) is 5.32 Å². The quantitative estimate of drug-likeness (QED) is 0.773. The number of amides is 1. The molecule has 1 N–H and O–H groups in total. The summed E-state index contributed by atoms with van der Waals surface area (Å²) in [5.41, 5.74) is 3.95. The van der Waals surface area contributed by atoms with Gasteiger partial charge in [0.1, 0.15) is 11.3 Å². The molecule has 0 atom stereocenters. The Labute approximate surface area is 140 Å². The van der Waals surface area contributed by atoms with Gasteiger partial charge >= 0.3 is 0 Å². The van der Waals surface area contributed by atoms with Crippen LogP contribution in [0.5, 0.6) is 0 Å². The summed E-state index contributed by atoms with van der Waals surface area (Å²) < 4.78 is 1.79. The number of imidazole rings is 1.